The lowest BCUT2D eigenvalue weighted by molar-refractivity contribution is 0.235. The number of likely N-dealkylation sites (tertiary alicyclic amines) is 1. The van der Waals surface area contributed by atoms with Gasteiger partial charge in [0.15, 0.2) is 0 Å². The summed E-state index contributed by atoms with van der Waals surface area (Å²) in [7, 11) is 2.04. The summed E-state index contributed by atoms with van der Waals surface area (Å²) in [5.74, 6) is 0. The van der Waals surface area contributed by atoms with Gasteiger partial charge in [0.05, 0.1) is 11.4 Å². The molecule has 96 valence electrons. The van der Waals surface area contributed by atoms with Gasteiger partial charge in [-0.3, -0.25) is 9.58 Å². The van der Waals surface area contributed by atoms with Gasteiger partial charge in [-0.05, 0) is 46.3 Å². The molecule has 1 aliphatic rings. The van der Waals surface area contributed by atoms with Crippen molar-refractivity contribution < 1.29 is 0 Å². The van der Waals surface area contributed by atoms with Crippen LogP contribution in [-0.4, -0.2) is 40.9 Å². The molecule has 2 heterocycles. The molecule has 0 spiro atoms. The van der Waals surface area contributed by atoms with Gasteiger partial charge in [-0.15, -0.1) is 0 Å². The summed E-state index contributed by atoms with van der Waals surface area (Å²) in [5.41, 5.74) is 2.49. The third kappa shape index (κ3) is 2.87. The van der Waals surface area contributed by atoms with E-state index in [1.165, 1.54) is 25.1 Å². The molecule has 4 nitrogen and oxygen atoms in total. The van der Waals surface area contributed by atoms with Crippen LogP contribution in [0, 0.1) is 6.92 Å². The highest BCUT2D eigenvalue weighted by atomic mass is 15.3. The molecule has 1 saturated heterocycles. The Balaban J connectivity index is 2.03. The number of hydrogen-bond acceptors (Lipinski definition) is 3. The largest absolute Gasteiger partial charge is 0.318 e. The number of aromatic nitrogens is 2. The first-order valence-corrected chi connectivity index (χ1v) is 6.66. The minimum absolute atomic E-state index is 0.695. The van der Waals surface area contributed by atoms with Crippen molar-refractivity contribution in [2.24, 2.45) is 0 Å². The molecule has 0 aliphatic carbocycles. The smallest absolute Gasteiger partial charge is 0.0597 e. The summed E-state index contributed by atoms with van der Waals surface area (Å²) in [6.45, 7) is 8.56. The van der Waals surface area contributed by atoms with Crippen molar-refractivity contribution in [1.82, 2.24) is 20.0 Å². The molecular weight excluding hydrogens is 212 g/mol. The number of aryl methyl sites for hydroxylation is 2. The van der Waals surface area contributed by atoms with Crippen molar-refractivity contribution in [3.05, 3.63) is 17.5 Å². The van der Waals surface area contributed by atoms with Gasteiger partial charge in [-0.25, -0.2) is 0 Å². The highest BCUT2D eigenvalue weighted by Gasteiger charge is 2.24. The summed E-state index contributed by atoms with van der Waals surface area (Å²) >= 11 is 0. The summed E-state index contributed by atoms with van der Waals surface area (Å²) in [6.07, 6.45) is 2.64. The number of nitrogens with one attached hydrogen (secondary N) is 1. The number of hydrogen-bond donors (Lipinski definition) is 1. The molecule has 0 bridgehead atoms. The molecule has 1 N–H and O–H groups in total. The van der Waals surface area contributed by atoms with Gasteiger partial charge in [0.2, 0.25) is 0 Å². The first kappa shape index (κ1) is 12.6. The number of rotatable bonds is 5. The van der Waals surface area contributed by atoms with Crippen molar-refractivity contribution in [3.63, 3.8) is 0 Å². The van der Waals surface area contributed by atoms with Crippen molar-refractivity contribution in [2.75, 3.05) is 20.1 Å². The van der Waals surface area contributed by atoms with Crippen molar-refractivity contribution >= 4 is 0 Å². The first-order valence-electron chi connectivity index (χ1n) is 6.66. The molecule has 1 aromatic heterocycles. The molecular formula is C13H24N4. The van der Waals surface area contributed by atoms with Gasteiger partial charge in [-0.2, -0.15) is 5.10 Å². The lowest BCUT2D eigenvalue weighted by Crippen LogP contribution is -2.36. The third-order valence-corrected chi connectivity index (χ3v) is 3.59. The lowest BCUT2D eigenvalue weighted by Gasteiger charge is -2.24. The van der Waals surface area contributed by atoms with Crippen LogP contribution in [0.4, 0.5) is 0 Å². The van der Waals surface area contributed by atoms with E-state index in [4.69, 9.17) is 0 Å². The predicted octanol–water partition coefficient (Wildman–Crippen LogP) is 1.40. The number of likely N-dealkylation sites (N-methyl/N-ethyl adjacent to an activating group) is 1. The second-order valence-corrected chi connectivity index (χ2v) is 4.92. The van der Waals surface area contributed by atoms with E-state index >= 15 is 0 Å². The van der Waals surface area contributed by atoms with Gasteiger partial charge in [-0.1, -0.05) is 0 Å². The molecule has 1 aromatic rings. The quantitative estimate of drug-likeness (QED) is 0.839. The molecule has 2 rings (SSSR count). The molecule has 1 aliphatic heterocycles. The fourth-order valence-electron chi connectivity index (χ4n) is 2.78. The first-order chi connectivity index (χ1) is 8.24. The molecule has 0 amide bonds. The minimum atomic E-state index is 0.695. The Kier molecular flexibility index (Phi) is 4.18. The van der Waals surface area contributed by atoms with Gasteiger partial charge in [0.25, 0.3) is 0 Å². The van der Waals surface area contributed by atoms with Gasteiger partial charge in [0, 0.05) is 25.7 Å². The Morgan fingerprint density at radius 1 is 1.53 bits per heavy atom. The van der Waals surface area contributed by atoms with E-state index in [0.717, 1.165) is 25.3 Å². The Morgan fingerprint density at radius 3 is 3.06 bits per heavy atom. The molecule has 1 fully saturated rings. The van der Waals surface area contributed by atoms with E-state index in [-0.39, 0.29) is 0 Å². The normalized spacial score (nSPS) is 21.2. The van der Waals surface area contributed by atoms with Crippen LogP contribution in [0.3, 0.4) is 0 Å². The van der Waals surface area contributed by atoms with Gasteiger partial charge >= 0.3 is 0 Å². The predicted molar refractivity (Wildman–Crippen MR) is 70.0 cm³/mol. The van der Waals surface area contributed by atoms with E-state index in [9.17, 15) is 0 Å². The van der Waals surface area contributed by atoms with Crippen molar-refractivity contribution in [1.29, 1.82) is 0 Å². The molecule has 17 heavy (non-hydrogen) atoms. The van der Waals surface area contributed by atoms with Gasteiger partial charge < -0.3 is 5.32 Å². The van der Waals surface area contributed by atoms with E-state index in [1.54, 1.807) is 0 Å². The highest BCUT2D eigenvalue weighted by molar-refractivity contribution is 5.09. The van der Waals surface area contributed by atoms with Crippen LogP contribution in [0.15, 0.2) is 6.07 Å². The van der Waals surface area contributed by atoms with Crippen LogP contribution in [0.25, 0.3) is 0 Å². The zero-order chi connectivity index (χ0) is 12.3. The minimum Gasteiger partial charge on any atom is -0.318 e. The molecule has 1 unspecified atom stereocenters. The van der Waals surface area contributed by atoms with E-state index < -0.39 is 0 Å². The third-order valence-electron chi connectivity index (χ3n) is 3.59. The fraction of sp³-hybridized carbons (Fsp3) is 0.769. The maximum absolute atomic E-state index is 4.52. The molecule has 0 saturated carbocycles. The molecule has 0 radical (unpaired) electrons. The van der Waals surface area contributed by atoms with Crippen molar-refractivity contribution in [2.45, 2.75) is 45.8 Å². The van der Waals surface area contributed by atoms with E-state index in [2.05, 4.69) is 39.9 Å². The molecule has 0 aromatic carbocycles. The SMILES string of the molecule is CCn1nc(C)cc1CN1CCCC1CNC. The van der Waals surface area contributed by atoms with Crippen LogP contribution in [-0.2, 0) is 13.1 Å². The van der Waals surface area contributed by atoms with Crippen LogP contribution >= 0.6 is 0 Å². The Hall–Kier alpha value is -0.870. The van der Waals surface area contributed by atoms with Crippen LogP contribution in [0.2, 0.25) is 0 Å². The topological polar surface area (TPSA) is 33.1 Å². The Morgan fingerprint density at radius 2 is 2.35 bits per heavy atom. The van der Waals surface area contributed by atoms with Crippen molar-refractivity contribution in [3.8, 4) is 0 Å². The van der Waals surface area contributed by atoms with Crippen LogP contribution in [0.1, 0.15) is 31.2 Å². The maximum atomic E-state index is 4.52. The summed E-state index contributed by atoms with van der Waals surface area (Å²) < 4.78 is 2.13. The zero-order valence-electron chi connectivity index (χ0n) is 11.2. The van der Waals surface area contributed by atoms with Crippen LogP contribution < -0.4 is 5.32 Å². The second-order valence-electron chi connectivity index (χ2n) is 4.92. The average molecular weight is 236 g/mol. The molecule has 1 atom stereocenters. The molecule has 4 heteroatoms. The fourth-order valence-corrected chi connectivity index (χ4v) is 2.78. The zero-order valence-corrected chi connectivity index (χ0v) is 11.2. The second kappa shape index (κ2) is 5.65. The monoisotopic (exact) mass is 236 g/mol. The Bertz CT molecular complexity index is 358. The number of nitrogens with zero attached hydrogens (tertiary/aromatic N) is 3. The summed E-state index contributed by atoms with van der Waals surface area (Å²) in [6, 6.07) is 2.92. The van der Waals surface area contributed by atoms with Gasteiger partial charge in [0.1, 0.15) is 0 Å². The highest BCUT2D eigenvalue weighted by Crippen LogP contribution is 2.19. The maximum Gasteiger partial charge on any atom is 0.0597 e. The lowest BCUT2D eigenvalue weighted by atomic mass is 10.2. The van der Waals surface area contributed by atoms with E-state index in [0.29, 0.717) is 6.04 Å². The van der Waals surface area contributed by atoms with E-state index in [1.807, 2.05) is 7.05 Å². The van der Waals surface area contributed by atoms with Crippen LogP contribution in [0.5, 0.6) is 0 Å². The Labute approximate surface area is 104 Å². The standard InChI is InChI=1S/C13H24N4/c1-4-17-13(8-11(2)15-17)10-16-7-5-6-12(16)9-14-3/h8,12,14H,4-7,9-10H2,1-3H3. The summed E-state index contributed by atoms with van der Waals surface area (Å²) in [4.78, 5) is 2.58. The average Bonchev–Trinajstić information content (AvgIpc) is 2.87. The summed E-state index contributed by atoms with van der Waals surface area (Å²) in [5, 5.41) is 7.81.